The van der Waals surface area contributed by atoms with Crippen molar-refractivity contribution in [3.05, 3.63) is 106 Å². The van der Waals surface area contributed by atoms with Crippen LogP contribution >= 0.6 is 0 Å². The smallest absolute Gasteiger partial charge is 0.339 e. The van der Waals surface area contributed by atoms with Crippen LogP contribution in [0.25, 0.3) is 5.70 Å². The molecule has 2 amide bonds. The maximum Gasteiger partial charge on any atom is 0.339 e. The van der Waals surface area contributed by atoms with E-state index in [-0.39, 0.29) is 42.6 Å². The Hall–Kier alpha value is -4.92. The number of carbonyl (C=O) groups is 3. The largest absolute Gasteiger partial charge is 0.496 e. The van der Waals surface area contributed by atoms with Crippen LogP contribution in [0.1, 0.15) is 55.0 Å². The molecule has 3 aromatic carbocycles. The quantitative estimate of drug-likeness (QED) is 0.232. The number of amidine groups is 1. The number of carbonyl (C=O) groups excluding carboxylic acids is 2. The van der Waals surface area contributed by atoms with E-state index >= 15 is 0 Å². The summed E-state index contributed by atoms with van der Waals surface area (Å²) in [5.74, 6) is -1.43. The Morgan fingerprint density at radius 3 is 2.20 bits per heavy atom. The Kier molecular flexibility index (Phi) is 9.81. The third-order valence-electron chi connectivity index (χ3n) is 6.53. The Morgan fingerprint density at radius 1 is 0.975 bits per heavy atom. The van der Waals surface area contributed by atoms with Gasteiger partial charge in [0.2, 0.25) is 11.8 Å². The lowest BCUT2D eigenvalue weighted by molar-refractivity contribution is -0.131. The molecule has 0 unspecified atom stereocenters. The summed E-state index contributed by atoms with van der Waals surface area (Å²) in [6.07, 6.45) is 0.593. The van der Waals surface area contributed by atoms with Gasteiger partial charge in [-0.2, -0.15) is 0 Å². The minimum absolute atomic E-state index is 0.00714. The first-order chi connectivity index (χ1) is 19.0. The van der Waals surface area contributed by atoms with Crippen molar-refractivity contribution in [1.82, 2.24) is 4.90 Å². The highest BCUT2D eigenvalue weighted by molar-refractivity contribution is 5.94. The molecule has 9 nitrogen and oxygen atoms in total. The summed E-state index contributed by atoms with van der Waals surface area (Å²) in [6.45, 7) is 7.85. The number of nitrogens with two attached hydrogens (primary N) is 2. The standard InChI is InChI=1S/C31H34N4O5/c1-19-14-24(30(33)37)15-20(2)25(19)11-13-29(36)35(17-22-10-12-27(40-4)26(16-22)31(38)39)18-28(32)34-21(3)23-8-6-5-7-9-23/h5-10,12,14-16H,3,11,13,17-18H2,1-2,4H3,(H2,32,34)(H2,33,37)(H,38,39). The van der Waals surface area contributed by atoms with Crippen molar-refractivity contribution in [1.29, 1.82) is 0 Å². The number of amides is 2. The number of carboxylic acid groups (broad SMARTS) is 1. The molecule has 40 heavy (non-hydrogen) atoms. The van der Waals surface area contributed by atoms with Crippen LogP contribution in [0, 0.1) is 13.8 Å². The maximum absolute atomic E-state index is 13.5. The topological polar surface area (TPSA) is 148 Å². The van der Waals surface area contributed by atoms with Gasteiger partial charge in [-0.1, -0.05) is 43.0 Å². The monoisotopic (exact) mass is 542 g/mol. The van der Waals surface area contributed by atoms with Gasteiger partial charge in [0.15, 0.2) is 0 Å². The molecule has 0 spiro atoms. The normalized spacial score (nSPS) is 11.1. The molecule has 9 heteroatoms. The minimum Gasteiger partial charge on any atom is -0.496 e. The van der Waals surface area contributed by atoms with Gasteiger partial charge in [-0.25, -0.2) is 9.79 Å². The van der Waals surface area contributed by atoms with E-state index in [0.717, 1.165) is 22.3 Å². The summed E-state index contributed by atoms with van der Waals surface area (Å²) in [4.78, 5) is 42.8. The SMILES string of the molecule is C=C(N=C(N)CN(Cc1ccc(OC)c(C(=O)O)c1)C(=O)CCc1c(C)cc(C(N)=O)cc1C)c1ccccc1. The van der Waals surface area contributed by atoms with Gasteiger partial charge in [0.25, 0.3) is 0 Å². The Balaban J connectivity index is 1.87. The summed E-state index contributed by atoms with van der Waals surface area (Å²) < 4.78 is 5.16. The highest BCUT2D eigenvalue weighted by Gasteiger charge is 2.19. The molecule has 0 saturated carbocycles. The van der Waals surface area contributed by atoms with Crippen LogP contribution in [0.15, 0.2) is 72.2 Å². The molecule has 0 saturated heterocycles. The second-order valence-corrected chi connectivity index (χ2v) is 9.46. The Morgan fingerprint density at radius 2 is 1.62 bits per heavy atom. The van der Waals surface area contributed by atoms with Crippen molar-refractivity contribution in [2.75, 3.05) is 13.7 Å². The predicted octanol–water partition coefficient (Wildman–Crippen LogP) is 4.10. The molecule has 208 valence electrons. The van der Waals surface area contributed by atoms with Gasteiger partial charge in [0, 0.05) is 18.5 Å². The molecule has 5 N–H and O–H groups in total. The molecule has 0 fully saturated rings. The van der Waals surface area contributed by atoms with Gasteiger partial charge in [0.05, 0.1) is 19.4 Å². The highest BCUT2D eigenvalue weighted by Crippen LogP contribution is 2.22. The van der Waals surface area contributed by atoms with Gasteiger partial charge in [-0.05, 0) is 72.4 Å². The molecule has 0 bridgehead atoms. The summed E-state index contributed by atoms with van der Waals surface area (Å²) in [5.41, 5.74) is 16.7. The van der Waals surface area contributed by atoms with E-state index in [9.17, 15) is 19.5 Å². The zero-order valence-electron chi connectivity index (χ0n) is 22.9. The first kappa shape index (κ1) is 29.6. The zero-order chi connectivity index (χ0) is 29.4. The number of aromatic carboxylic acids is 1. The summed E-state index contributed by atoms with van der Waals surface area (Å²) in [5, 5.41) is 9.60. The van der Waals surface area contributed by atoms with E-state index in [1.54, 1.807) is 24.3 Å². The molecule has 3 rings (SSSR count). The fourth-order valence-corrected chi connectivity index (χ4v) is 4.49. The van der Waals surface area contributed by atoms with Crippen LogP contribution < -0.4 is 16.2 Å². The summed E-state index contributed by atoms with van der Waals surface area (Å²) in [7, 11) is 1.40. The van der Waals surface area contributed by atoms with Gasteiger partial charge in [-0.3, -0.25) is 9.59 Å². The number of ether oxygens (including phenoxy) is 1. The number of primary amides is 1. The van der Waals surface area contributed by atoms with E-state index < -0.39 is 11.9 Å². The predicted molar refractivity (Wildman–Crippen MR) is 155 cm³/mol. The number of nitrogens with zero attached hydrogens (tertiary/aromatic N) is 2. The lowest BCUT2D eigenvalue weighted by Gasteiger charge is -2.24. The van der Waals surface area contributed by atoms with Crippen molar-refractivity contribution in [3.63, 3.8) is 0 Å². The molecule has 0 atom stereocenters. The molecule has 0 aromatic heterocycles. The van der Waals surface area contributed by atoms with E-state index in [1.165, 1.54) is 18.1 Å². The van der Waals surface area contributed by atoms with E-state index in [4.69, 9.17) is 16.2 Å². The third-order valence-corrected chi connectivity index (χ3v) is 6.53. The third kappa shape index (κ3) is 7.57. The molecule has 0 radical (unpaired) electrons. The van der Waals surface area contributed by atoms with Gasteiger partial charge in [-0.15, -0.1) is 0 Å². The van der Waals surface area contributed by atoms with Crippen LogP contribution in [0.4, 0.5) is 0 Å². The van der Waals surface area contributed by atoms with Gasteiger partial charge >= 0.3 is 5.97 Å². The van der Waals surface area contributed by atoms with E-state index in [0.29, 0.717) is 23.2 Å². The molecule has 3 aromatic rings. The Labute approximate surface area is 233 Å². The number of methoxy groups -OCH3 is 1. The second-order valence-electron chi connectivity index (χ2n) is 9.46. The van der Waals surface area contributed by atoms with Crippen LogP contribution in [0.2, 0.25) is 0 Å². The number of aryl methyl sites for hydroxylation is 2. The molecule has 0 aliphatic carbocycles. The van der Waals surface area contributed by atoms with Crippen LogP contribution in [0.3, 0.4) is 0 Å². The number of aliphatic imine (C=N–C) groups is 1. The fraction of sp³-hybridized carbons (Fsp3) is 0.226. The number of hydrogen-bond acceptors (Lipinski definition) is 5. The van der Waals surface area contributed by atoms with Crippen LogP contribution in [0.5, 0.6) is 5.75 Å². The second kappa shape index (κ2) is 13.2. The van der Waals surface area contributed by atoms with Crippen molar-refractivity contribution < 1.29 is 24.2 Å². The average Bonchev–Trinajstić information content (AvgIpc) is 2.92. The number of benzene rings is 3. The van der Waals surface area contributed by atoms with Crippen molar-refractivity contribution in [2.24, 2.45) is 16.5 Å². The fourth-order valence-electron chi connectivity index (χ4n) is 4.49. The molecule has 0 aliphatic heterocycles. The zero-order valence-corrected chi connectivity index (χ0v) is 22.9. The average molecular weight is 543 g/mol. The molecular formula is C31H34N4O5. The lowest BCUT2D eigenvalue weighted by atomic mass is 9.95. The first-order valence-corrected chi connectivity index (χ1v) is 12.7. The van der Waals surface area contributed by atoms with Crippen LogP contribution in [-0.4, -0.2) is 47.3 Å². The number of carboxylic acids is 1. The van der Waals surface area contributed by atoms with E-state index in [2.05, 4.69) is 11.6 Å². The highest BCUT2D eigenvalue weighted by atomic mass is 16.5. The molecular weight excluding hydrogens is 508 g/mol. The summed E-state index contributed by atoms with van der Waals surface area (Å²) in [6, 6.07) is 17.5. The van der Waals surface area contributed by atoms with Crippen molar-refractivity contribution in [3.8, 4) is 5.75 Å². The summed E-state index contributed by atoms with van der Waals surface area (Å²) >= 11 is 0. The van der Waals surface area contributed by atoms with Crippen LogP contribution in [-0.2, 0) is 17.8 Å². The molecule has 0 heterocycles. The maximum atomic E-state index is 13.5. The number of hydrogen-bond donors (Lipinski definition) is 3. The molecule has 0 aliphatic rings. The Bertz CT molecular complexity index is 1440. The number of rotatable bonds is 12. The first-order valence-electron chi connectivity index (χ1n) is 12.7. The van der Waals surface area contributed by atoms with Gasteiger partial charge < -0.3 is 26.2 Å². The van der Waals surface area contributed by atoms with Crippen molar-refractivity contribution in [2.45, 2.75) is 33.2 Å². The van der Waals surface area contributed by atoms with E-state index in [1.807, 2.05) is 44.2 Å². The lowest BCUT2D eigenvalue weighted by Crippen LogP contribution is -2.38. The van der Waals surface area contributed by atoms with Crippen molar-refractivity contribution >= 4 is 29.3 Å². The minimum atomic E-state index is -1.14. The van der Waals surface area contributed by atoms with Gasteiger partial charge in [0.1, 0.15) is 17.1 Å².